The molecule has 4 rings (SSSR count). The van der Waals surface area contributed by atoms with Crippen LogP contribution in [0.5, 0.6) is 0 Å². The van der Waals surface area contributed by atoms with Crippen LogP contribution in [0.4, 0.5) is 0 Å². The molecule has 1 saturated carbocycles. The highest BCUT2D eigenvalue weighted by molar-refractivity contribution is 7.80. The Bertz CT molecular complexity index is 726. The summed E-state index contributed by atoms with van der Waals surface area (Å²) in [7, 11) is 0. The van der Waals surface area contributed by atoms with Crippen LogP contribution in [-0.2, 0) is 0 Å². The lowest BCUT2D eigenvalue weighted by atomic mass is 9.99. The van der Waals surface area contributed by atoms with Crippen LogP contribution in [-0.4, -0.2) is 37.8 Å². The van der Waals surface area contributed by atoms with Crippen LogP contribution in [0.2, 0.25) is 0 Å². The number of nitrogens with one attached hydrogen (secondary N) is 1. The van der Waals surface area contributed by atoms with E-state index in [1.54, 1.807) is 0 Å². The van der Waals surface area contributed by atoms with Gasteiger partial charge in [-0.3, -0.25) is 4.98 Å². The maximum atomic E-state index is 9.49. The first-order chi connectivity index (χ1) is 12.3. The maximum Gasteiger partial charge on any atom is 0.170 e. The Hall–Kier alpha value is -1.92. The van der Waals surface area contributed by atoms with E-state index >= 15 is 0 Å². The second-order valence-corrected chi connectivity index (χ2v) is 7.26. The van der Waals surface area contributed by atoms with Gasteiger partial charge in [-0.1, -0.05) is 18.9 Å². The van der Waals surface area contributed by atoms with Crippen molar-refractivity contribution in [1.29, 1.82) is 0 Å². The number of thiocarbonyl (C=S) groups is 1. The summed E-state index contributed by atoms with van der Waals surface area (Å²) in [6, 6.07) is 8.82. The van der Waals surface area contributed by atoms with Gasteiger partial charge in [0, 0.05) is 31.2 Å². The second kappa shape index (κ2) is 7.14. The summed E-state index contributed by atoms with van der Waals surface area (Å²) in [5, 5.41) is 13.6. The fourth-order valence-electron chi connectivity index (χ4n) is 4.15. The third-order valence-electron chi connectivity index (χ3n) is 5.36. The summed E-state index contributed by atoms with van der Waals surface area (Å²) in [6.45, 7) is 0.602. The van der Waals surface area contributed by atoms with Crippen molar-refractivity contribution in [3.8, 4) is 0 Å². The summed E-state index contributed by atoms with van der Waals surface area (Å²) in [5.74, 6) is 0. The minimum Gasteiger partial charge on any atom is -0.395 e. The average Bonchev–Trinajstić information content (AvgIpc) is 3.36. The van der Waals surface area contributed by atoms with Gasteiger partial charge in [-0.15, -0.1) is 0 Å². The predicted molar refractivity (Wildman–Crippen MR) is 101 cm³/mol. The van der Waals surface area contributed by atoms with Crippen molar-refractivity contribution in [1.82, 2.24) is 19.8 Å². The smallest absolute Gasteiger partial charge is 0.170 e. The van der Waals surface area contributed by atoms with Crippen LogP contribution < -0.4 is 5.32 Å². The first kappa shape index (κ1) is 16.5. The summed E-state index contributed by atoms with van der Waals surface area (Å²) in [6.07, 6.45) is 11.4. The number of hydrogen-bond acceptors (Lipinski definition) is 3. The van der Waals surface area contributed by atoms with Gasteiger partial charge in [-0.25, -0.2) is 0 Å². The topological polar surface area (TPSA) is 53.3 Å². The highest BCUT2D eigenvalue weighted by Gasteiger charge is 2.39. The molecule has 2 aliphatic rings. The first-order valence-electron chi connectivity index (χ1n) is 9.04. The Kier molecular flexibility index (Phi) is 4.72. The predicted octanol–water partition coefficient (Wildman–Crippen LogP) is 2.96. The molecule has 25 heavy (non-hydrogen) atoms. The van der Waals surface area contributed by atoms with Gasteiger partial charge in [0.15, 0.2) is 5.11 Å². The van der Waals surface area contributed by atoms with E-state index in [1.165, 1.54) is 31.2 Å². The van der Waals surface area contributed by atoms with Crippen LogP contribution in [0.1, 0.15) is 55.1 Å². The van der Waals surface area contributed by atoms with Crippen molar-refractivity contribution >= 4 is 17.3 Å². The molecule has 2 aromatic rings. The molecule has 0 aromatic carbocycles. The molecule has 0 bridgehead atoms. The number of rotatable bonds is 5. The van der Waals surface area contributed by atoms with Crippen molar-refractivity contribution in [2.45, 2.75) is 43.8 Å². The van der Waals surface area contributed by atoms with E-state index in [2.05, 4.69) is 38.2 Å². The van der Waals surface area contributed by atoms with Gasteiger partial charge in [0.25, 0.3) is 0 Å². The molecule has 1 aliphatic heterocycles. The molecule has 1 saturated heterocycles. The Morgan fingerprint density at radius 1 is 1.24 bits per heavy atom. The molecular formula is C19H24N4OS. The molecule has 2 aromatic heterocycles. The maximum absolute atomic E-state index is 9.49. The molecule has 2 atom stereocenters. The highest BCUT2D eigenvalue weighted by Crippen LogP contribution is 2.39. The van der Waals surface area contributed by atoms with Gasteiger partial charge >= 0.3 is 0 Å². The Balaban J connectivity index is 1.67. The van der Waals surface area contributed by atoms with Gasteiger partial charge < -0.3 is 19.9 Å². The van der Waals surface area contributed by atoms with E-state index in [-0.39, 0.29) is 18.7 Å². The zero-order chi connectivity index (χ0) is 17.2. The monoisotopic (exact) mass is 356 g/mol. The van der Waals surface area contributed by atoms with Crippen LogP contribution in [0.3, 0.4) is 0 Å². The first-order valence-corrected chi connectivity index (χ1v) is 9.45. The molecule has 3 heterocycles. The van der Waals surface area contributed by atoms with E-state index in [0.29, 0.717) is 17.7 Å². The minimum absolute atomic E-state index is 0.000298. The molecule has 1 aliphatic carbocycles. The summed E-state index contributed by atoms with van der Waals surface area (Å²) in [5.41, 5.74) is 2.20. The van der Waals surface area contributed by atoms with Crippen molar-refractivity contribution < 1.29 is 5.11 Å². The van der Waals surface area contributed by atoms with E-state index in [4.69, 9.17) is 12.2 Å². The van der Waals surface area contributed by atoms with E-state index in [0.717, 1.165) is 5.69 Å². The summed E-state index contributed by atoms with van der Waals surface area (Å²) >= 11 is 5.54. The molecule has 0 amide bonds. The fourth-order valence-corrected chi connectivity index (χ4v) is 4.48. The SMILES string of the molecule is OCCN1C(=S)N[C@@H](c2ccccn2)[C@@H]1c1ccn(C2CCCC2)c1. The Labute approximate surface area is 153 Å². The van der Waals surface area contributed by atoms with Crippen molar-refractivity contribution in [3.05, 3.63) is 54.1 Å². The Morgan fingerprint density at radius 2 is 2.08 bits per heavy atom. The largest absolute Gasteiger partial charge is 0.395 e. The third kappa shape index (κ3) is 3.16. The number of hydrogen-bond donors (Lipinski definition) is 2. The number of nitrogens with zero attached hydrogens (tertiary/aromatic N) is 3. The molecule has 132 valence electrons. The van der Waals surface area contributed by atoms with E-state index in [1.807, 2.05) is 24.4 Å². The number of pyridine rings is 1. The lowest BCUT2D eigenvalue weighted by molar-refractivity contribution is 0.223. The van der Waals surface area contributed by atoms with Gasteiger partial charge in [0.05, 0.1) is 24.4 Å². The highest BCUT2D eigenvalue weighted by atomic mass is 32.1. The zero-order valence-corrected chi connectivity index (χ0v) is 15.0. The standard InChI is InChI=1S/C19H24N4OS/c24-12-11-23-18(14-8-10-22(13-14)15-5-1-2-6-15)17(21-19(23)25)16-7-3-4-9-20-16/h3-4,7-10,13,15,17-18,24H,1-2,5-6,11-12H2,(H,21,25)/t17-,18-/m0/s1. The molecule has 6 heteroatoms. The molecule has 0 radical (unpaired) electrons. The van der Waals surface area contributed by atoms with Crippen molar-refractivity contribution in [3.63, 3.8) is 0 Å². The normalized spacial score (nSPS) is 24.0. The minimum atomic E-state index is -0.000298. The van der Waals surface area contributed by atoms with Gasteiger partial charge in [0.1, 0.15) is 0 Å². The Morgan fingerprint density at radius 3 is 2.80 bits per heavy atom. The van der Waals surface area contributed by atoms with Gasteiger partial charge in [-0.2, -0.15) is 0 Å². The molecule has 0 unspecified atom stereocenters. The van der Waals surface area contributed by atoms with Crippen LogP contribution in [0.25, 0.3) is 0 Å². The van der Waals surface area contributed by atoms with Gasteiger partial charge in [0.2, 0.25) is 0 Å². The third-order valence-corrected chi connectivity index (χ3v) is 5.72. The number of aliphatic hydroxyl groups excluding tert-OH is 1. The lowest BCUT2D eigenvalue weighted by Crippen LogP contribution is -2.32. The summed E-state index contributed by atoms with van der Waals surface area (Å²) in [4.78, 5) is 6.62. The van der Waals surface area contributed by atoms with Crippen molar-refractivity contribution in [2.75, 3.05) is 13.2 Å². The van der Waals surface area contributed by atoms with Crippen LogP contribution in [0.15, 0.2) is 42.9 Å². The summed E-state index contributed by atoms with van der Waals surface area (Å²) < 4.78 is 2.36. The zero-order valence-electron chi connectivity index (χ0n) is 14.2. The molecular weight excluding hydrogens is 332 g/mol. The van der Waals surface area contributed by atoms with Gasteiger partial charge in [-0.05, 0) is 48.8 Å². The molecule has 0 spiro atoms. The van der Waals surface area contributed by atoms with E-state index in [9.17, 15) is 5.11 Å². The van der Waals surface area contributed by atoms with Crippen molar-refractivity contribution in [2.24, 2.45) is 0 Å². The average molecular weight is 356 g/mol. The van der Waals surface area contributed by atoms with Crippen LogP contribution >= 0.6 is 12.2 Å². The second-order valence-electron chi connectivity index (χ2n) is 6.87. The quantitative estimate of drug-likeness (QED) is 0.807. The number of β-amino-alcohol motifs (C(OH)–C–C–N with tert-alkyl or cyclic N) is 1. The molecule has 2 fully saturated rings. The number of aromatic nitrogens is 2. The lowest BCUT2D eigenvalue weighted by Gasteiger charge is -2.26. The molecule has 2 N–H and O–H groups in total. The number of aliphatic hydroxyl groups is 1. The fraction of sp³-hybridized carbons (Fsp3) is 0.474. The van der Waals surface area contributed by atoms with Crippen LogP contribution in [0, 0.1) is 0 Å². The van der Waals surface area contributed by atoms with E-state index < -0.39 is 0 Å². The molecule has 5 nitrogen and oxygen atoms in total.